The van der Waals surface area contributed by atoms with E-state index in [0.717, 1.165) is 5.56 Å². The molecule has 2 rings (SSSR count). The number of para-hydroxylation sites is 1. The Bertz CT molecular complexity index is 552. The summed E-state index contributed by atoms with van der Waals surface area (Å²) in [5, 5.41) is 16.0. The van der Waals surface area contributed by atoms with E-state index in [4.69, 9.17) is 33.0 Å². The largest absolute Gasteiger partial charge is 0.436 e. The predicted octanol–water partition coefficient (Wildman–Crippen LogP) is 2.51. The molecule has 18 heavy (non-hydrogen) atoms. The van der Waals surface area contributed by atoms with E-state index in [2.05, 4.69) is 15.2 Å². The van der Waals surface area contributed by atoms with Crippen molar-refractivity contribution in [3.63, 3.8) is 0 Å². The Morgan fingerprint density at radius 3 is 2.72 bits per heavy atom. The number of ether oxygens (including phenoxy) is 1. The van der Waals surface area contributed by atoms with Gasteiger partial charge in [-0.05, 0) is 29.7 Å². The van der Waals surface area contributed by atoms with Crippen LogP contribution in [-0.4, -0.2) is 26.9 Å². The van der Waals surface area contributed by atoms with Crippen molar-refractivity contribution < 1.29 is 9.84 Å². The first-order valence-electron chi connectivity index (χ1n) is 5.13. The molecule has 0 spiro atoms. The molecule has 2 aromatic rings. The number of halogens is 2. The molecule has 0 bridgehead atoms. The van der Waals surface area contributed by atoms with E-state index < -0.39 is 0 Å². The zero-order chi connectivity index (χ0) is 13.0. The van der Waals surface area contributed by atoms with Gasteiger partial charge in [-0.25, -0.2) is 0 Å². The van der Waals surface area contributed by atoms with Gasteiger partial charge >= 0.3 is 0 Å². The highest BCUT2D eigenvalue weighted by atomic mass is 35.5. The van der Waals surface area contributed by atoms with Crippen LogP contribution in [0.25, 0.3) is 0 Å². The van der Waals surface area contributed by atoms with E-state index in [0.29, 0.717) is 12.2 Å². The first kappa shape index (κ1) is 13.0. The highest BCUT2D eigenvalue weighted by molar-refractivity contribution is 6.31. The Hall–Kier alpha value is -1.43. The summed E-state index contributed by atoms with van der Waals surface area (Å²) >= 11 is 11.4. The van der Waals surface area contributed by atoms with Crippen LogP contribution in [0, 0.1) is 0 Å². The van der Waals surface area contributed by atoms with Crippen molar-refractivity contribution in [2.24, 2.45) is 0 Å². The van der Waals surface area contributed by atoms with Gasteiger partial charge in [-0.3, -0.25) is 0 Å². The molecule has 1 aromatic heterocycles. The lowest BCUT2D eigenvalue weighted by atomic mass is 10.1. The molecule has 7 heteroatoms. The van der Waals surface area contributed by atoms with Gasteiger partial charge in [0.1, 0.15) is 5.75 Å². The van der Waals surface area contributed by atoms with Crippen molar-refractivity contribution in [3.05, 3.63) is 40.3 Å². The predicted molar refractivity (Wildman–Crippen MR) is 67.2 cm³/mol. The van der Waals surface area contributed by atoms with Crippen LogP contribution in [0.2, 0.25) is 10.4 Å². The van der Waals surface area contributed by atoms with Gasteiger partial charge in [-0.15, -0.1) is 10.2 Å². The number of rotatable bonds is 4. The second-order valence-corrected chi connectivity index (χ2v) is 4.06. The molecule has 0 aliphatic carbocycles. The number of hydrogen-bond donors (Lipinski definition) is 1. The summed E-state index contributed by atoms with van der Waals surface area (Å²) in [7, 11) is 0. The van der Waals surface area contributed by atoms with Crippen molar-refractivity contribution in [2.75, 3.05) is 6.61 Å². The third-order valence-electron chi connectivity index (χ3n) is 2.15. The third kappa shape index (κ3) is 3.07. The fourth-order valence-electron chi connectivity index (χ4n) is 1.38. The van der Waals surface area contributed by atoms with Crippen molar-refractivity contribution >= 4 is 23.2 Å². The molecule has 0 saturated carbocycles. The summed E-state index contributed by atoms with van der Waals surface area (Å²) in [6.07, 6.45) is 0.472. The van der Waals surface area contributed by atoms with E-state index in [1.165, 1.54) is 0 Å². The zero-order valence-electron chi connectivity index (χ0n) is 9.18. The van der Waals surface area contributed by atoms with Crippen molar-refractivity contribution in [3.8, 4) is 11.6 Å². The van der Waals surface area contributed by atoms with Crippen LogP contribution in [0.3, 0.4) is 0 Å². The van der Waals surface area contributed by atoms with Crippen LogP contribution in [-0.2, 0) is 6.42 Å². The van der Waals surface area contributed by atoms with Gasteiger partial charge in [-0.2, -0.15) is 4.98 Å². The van der Waals surface area contributed by atoms with Crippen LogP contribution >= 0.6 is 23.2 Å². The minimum atomic E-state index is -0.0472. The third-order valence-corrected chi connectivity index (χ3v) is 2.55. The molecule has 5 nitrogen and oxygen atoms in total. The van der Waals surface area contributed by atoms with Crippen molar-refractivity contribution in [2.45, 2.75) is 6.42 Å². The van der Waals surface area contributed by atoms with Gasteiger partial charge in [0.05, 0.1) is 0 Å². The SMILES string of the molecule is OCCc1ccccc1Oc1nc(Cl)nnc1Cl. The van der Waals surface area contributed by atoms with Gasteiger partial charge in [0.2, 0.25) is 10.4 Å². The lowest BCUT2D eigenvalue weighted by molar-refractivity contribution is 0.297. The van der Waals surface area contributed by atoms with Crippen molar-refractivity contribution in [1.29, 1.82) is 0 Å². The van der Waals surface area contributed by atoms with Gasteiger partial charge in [0.25, 0.3) is 5.88 Å². The maximum absolute atomic E-state index is 8.97. The van der Waals surface area contributed by atoms with Gasteiger partial charge in [-0.1, -0.05) is 29.8 Å². The number of aliphatic hydroxyl groups is 1. The van der Waals surface area contributed by atoms with E-state index in [-0.39, 0.29) is 22.9 Å². The molecule has 0 atom stereocenters. The summed E-state index contributed by atoms with van der Waals surface area (Å²) < 4.78 is 5.53. The topological polar surface area (TPSA) is 68.1 Å². The minimum absolute atomic E-state index is 0.0247. The average molecular weight is 286 g/mol. The zero-order valence-corrected chi connectivity index (χ0v) is 10.7. The first-order chi connectivity index (χ1) is 8.70. The molecule has 0 radical (unpaired) electrons. The maximum atomic E-state index is 8.97. The summed E-state index contributed by atoms with van der Waals surface area (Å²) in [5.41, 5.74) is 0.839. The quantitative estimate of drug-likeness (QED) is 0.935. The molecular weight excluding hydrogens is 277 g/mol. The van der Waals surface area contributed by atoms with Crippen LogP contribution in [0.5, 0.6) is 11.6 Å². The average Bonchev–Trinajstić information content (AvgIpc) is 2.36. The molecule has 1 aromatic carbocycles. The number of aromatic nitrogens is 3. The Balaban J connectivity index is 2.30. The molecule has 0 aliphatic heterocycles. The number of benzene rings is 1. The second-order valence-electron chi connectivity index (χ2n) is 3.36. The van der Waals surface area contributed by atoms with Crippen LogP contribution in [0.15, 0.2) is 24.3 Å². The van der Waals surface area contributed by atoms with E-state index in [1.54, 1.807) is 12.1 Å². The van der Waals surface area contributed by atoms with E-state index in [9.17, 15) is 0 Å². The van der Waals surface area contributed by atoms with Gasteiger partial charge in [0.15, 0.2) is 0 Å². The summed E-state index contributed by atoms with van der Waals surface area (Å²) in [6.45, 7) is 0.0247. The molecule has 94 valence electrons. The Kier molecular flexibility index (Phi) is 4.30. The van der Waals surface area contributed by atoms with Crippen LogP contribution < -0.4 is 4.74 Å². The minimum Gasteiger partial charge on any atom is -0.436 e. The lowest BCUT2D eigenvalue weighted by Gasteiger charge is -2.09. The monoisotopic (exact) mass is 285 g/mol. The Morgan fingerprint density at radius 2 is 1.94 bits per heavy atom. The van der Waals surface area contributed by atoms with E-state index >= 15 is 0 Å². The molecule has 0 fully saturated rings. The number of aliphatic hydroxyl groups excluding tert-OH is 1. The molecule has 0 aliphatic rings. The maximum Gasteiger partial charge on any atom is 0.262 e. The molecule has 0 unspecified atom stereocenters. The van der Waals surface area contributed by atoms with Crippen LogP contribution in [0.1, 0.15) is 5.56 Å². The standard InChI is InChI=1S/C11H9Cl2N3O2/c12-9-10(14-11(13)16-15-9)18-8-4-2-1-3-7(8)5-6-17/h1-4,17H,5-6H2. The second kappa shape index (κ2) is 5.95. The Labute approximate surface area is 113 Å². The van der Waals surface area contributed by atoms with Crippen molar-refractivity contribution in [1.82, 2.24) is 15.2 Å². The highest BCUT2D eigenvalue weighted by Gasteiger charge is 2.11. The molecule has 0 amide bonds. The fourth-order valence-corrected chi connectivity index (χ4v) is 1.61. The Morgan fingerprint density at radius 1 is 1.17 bits per heavy atom. The first-order valence-corrected chi connectivity index (χ1v) is 5.88. The molecular formula is C11H9Cl2N3O2. The summed E-state index contributed by atoms with van der Waals surface area (Å²) in [6, 6.07) is 7.25. The summed E-state index contributed by atoms with van der Waals surface area (Å²) in [4.78, 5) is 3.84. The van der Waals surface area contributed by atoms with Crippen LogP contribution in [0.4, 0.5) is 0 Å². The van der Waals surface area contributed by atoms with Gasteiger partial charge < -0.3 is 9.84 Å². The molecule has 1 heterocycles. The number of nitrogens with zero attached hydrogens (tertiary/aromatic N) is 3. The highest BCUT2D eigenvalue weighted by Crippen LogP contribution is 2.28. The molecule has 1 N–H and O–H groups in total. The normalized spacial score (nSPS) is 10.4. The number of hydrogen-bond acceptors (Lipinski definition) is 5. The lowest BCUT2D eigenvalue weighted by Crippen LogP contribution is -1.98. The fraction of sp³-hybridized carbons (Fsp3) is 0.182. The van der Waals surface area contributed by atoms with E-state index in [1.807, 2.05) is 12.1 Å². The van der Waals surface area contributed by atoms with Gasteiger partial charge in [0, 0.05) is 6.61 Å². The molecule has 0 saturated heterocycles. The smallest absolute Gasteiger partial charge is 0.262 e. The summed E-state index contributed by atoms with van der Waals surface area (Å²) in [5.74, 6) is 0.632.